The number of nitrogens with one attached hydrogen (secondary N) is 1. The number of aryl methyl sites for hydroxylation is 1. The molecule has 3 rings (SSSR count). The van der Waals surface area contributed by atoms with Crippen molar-refractivity contribution in [2.45, 2.75) is 36.3 Å². The van der Waals surface area contributed by atoms with Gasteiger partial charge in [0, 0.05) is 19.0 Å². The lowest BCUT2D eigenvalue weighted by molar-refractivity contribution is -0.118. The first-order chi connectivity index (χ1) is 11.6. The van der Waals surface area contributed by atoms with Crippen molar-refractivity contribution in [1.29, 1.82) is 0 Å². The minimum absolute atomic E-state index is 0.0172. The van der Waals surface area contributed by atoms with E-state index in [1.165, 1.54) is 23.9 Å². The number of benzene rings is 1. The molecule has 0 atom stereocenters. The smallest absolute Gasteiger partial charge is 0.230 e. The van der Waals surface area contributed by atoms with Gasteiger partial charge in [0.2, 0.25) is 5.91 Å². The number of carbonyl (C=O) groups excluding carboxylic acids is 1. The highest BCUT2D eigenvalue weighted by Crippen LogP contribution is 2.40. The van der Waals surface area contributed by atoms with Crippen molar-refractivity contribution in [3.05, 3.63) is 42.0 Å². The molecule has 1 N–H and O–H groups in total. The van der Waals surface area contributed by atoms with E-state index in [0.29, 0.717) is 12.3 Å². The monoisotopic (exact) mass is 348 g/mol. The summed E-state index contributed by atoms with van der Waals surface area (Å²) in [4.78, 5) is 12.2. The molecule has 2 aromatic rings. The molecule has 1 fully saturated rings. The predicted molar refractivity (Wildman–Crippen MR) is 91.3 cm³/mol. The predicted octanol–water partition coefficient (Wildman–Crippen LogP) is 2.67. The molecule has 0 saturated heterocycles. The van der Waals surface area contributed by atoms with Gasteiger partial charge in [0.25, 0.3) is 0 Å². The number of nitrogens with zero attached hydrogens (tertiary/aromatic N) is 3. The van der Waals surface area contributed by atoms with E-state index >= 15 is 0 Å². The summed E-state index contributed by atoms with van der Waals surface area (Å²) in [5, 5.41) is 11.5. The van der Waals surface area contributed by atoms with Crippen LogP contribution in [0.25, 0.3) is 0 Å². The second-order valence-corrected chi connectivity index (χ2v) is 7.23. The van der Waals surface area contributed by atoms with Crippen LogP contribution in [0.2, 0.25) is 0 Å². The van der Waals surface area contributed by atoms with Crippen LogP contribution in [-0.2, 0) is 17.3 Å². The van der Waals surface area contributed by atoms with E-state index in [2.05, 4.69) is 15.5 Å². The number of halogens is 1. The SMILES string of the molecule is Cn1cnnc1SCC(=O)NCC1(c2ccc(F)cc2)CCCC1. The Morgan fingerprint density at radius 3 is 2.67 bits per heavy atom. The highest BCUT2D eigenvalue weighted by Gasteiger charge is 2.35. The van der Waals surface area contributed by atoms with Crippen LogP contribution in [-0.4, -0.2) is 33.0 Å². The lowest BCUT2D eigenvalue weighted by Crippen LogP contribution is -2.39. The molecule has 7 heteroatoms. The molecule has 128 valence electrons. The van der Waals surface area contributed by atoms with E-state index in [-0.39, 0.29) is 17.1 Å². The number of carbonyl (C=O) groups is 1. The van der Waals surface area contributed by atoms with Crippen LogP contribution in [0, 0.1) is 5.82 Å². The minimum Gasteiger partial charge on any atom is -0.354 e. The number of rotatable bonds is 6. The first-order valence-electron chi connectivity index (χ1n) is 8.09. The summed E-state index contributed by atoms with van der Waals surface area (Å²) in [5.74, 6) is 0.0684. The molecule has 1 saturated carbocycles. The Balaban J connectivity index is 1.59. The van der Waals surface area contributed by atoms with Gasteiger partial charge >= 0.3 is 0 Å². The molecule has 1 aromatic carbocycles. The van der Waals surface area contributed by atoms with Gasteiger partial charge in [-0.15, -0.1) is 10.2 Å². The van der Waals surface area contributed by atoms with Gasteiger partial charge < -0.3 is 9.88 Å². The third kappa shape index (κ3) is 3.77. The minimum atomic E-state index is -0.226. The molecule has 24 heavy (non-hydrogen) atoms. The Hall–Kier alpha value is -1.89. The Morgan fingerprint density at radius 2 is 2.04 bits per heavy atom. The van der Waals surface area contributed by atoms with Crippen molar-refractivity contribution in [2.24, 2.45) is 7.05 Å². The second kappa shape index (κ2) is 7.34. The molecule has 1 heterocycles. The molecule has 0 aliphatic heterocycles. The van der Waals surface area contributed by atoms with E-state index in [0.717, 1.165) is 36.4 Å². The molecule has 1 aliphatic carbocycles. The quantitative estimate of drug-likeness (QED) is 0.816. The lowest BCUT2D eigenvalue weighted by atomic mass is 9.79. The van der Waals surface area contributed by atoms with Gasteiger partial charge in [0.1, 0.15) is 12.1 Å². The lowest BCUT2D eigenvalue weighted by Gasteiger charge is -2.30. The summed E-state index contributed by atoms with van der Waals surface area (Å²) in [6.45, 7) is 0.594. The maximum Gasteiger partial charge on any atom is 0.230 e. The number of hydrogen-bond acceptors (Lipinski definition) is 4. The first kappa shape index (κ1) is 17.0. The maximum atomic E-state index is 13.2. The third-order valence-corrected chi connectivity index (χ3v) is 5.68. The van der Waals surface area contributed by atoms with Crippen LogP contribution in [0.1, 0.15) is 31.2 Å². The van der Waals surface area contributed by atoms with E-state index in [1.807, 2.05) is 19.2 Å². The summed E-state index contributed by atoms with van der Waals surface area (Å²) >= 11 is 1.37. The second-order valence-electron chi connectivity index (χ2n) is 6.28. The Kier molecular flexibility index (Phi) is 5.18. The highest BCUT2D eigenvalue weighted by atomic mass is 32.2. The van der Waals surface area contributed by atoms with Crippen LogP contribution >= 0.6 is 11.8 Å². The summed E-state index contributed by atoms with van der Waals surface area (Å²) in [6.07, 6.45) is 5.94. The van der Waals surface area contributed by atoms with Gasteiger partial charge in [-0.05, 0) is 30.5 Å². The average molecular weight is 348 g/mol. The summed E-state index contributed by atoms with van der Waals surface area (Å²) in [5.41, 5.74) is 1.04. The molecule has 1 amide bonds. The Morgan fingerprint density at radius 1 is 1.33 bits per heavy atom. The number of hydrogen-bond donors (Lipinski definition) is 1. The largest absolute Gasteiger partial charge is 0.354 e. The van der Waals surface area contributed by atoms with Gasteiger partial charge in [-0.2, -0.15) is 0 Å². The van der Waals surface area contributed by atoms with Gasteiger partial charge in [0.15, 0.2) is 5.16 Å². The fourth-order valence-electron chi connectivity index (χ4n) is 3.27. The van der Waals surface area contributed by atoms with Crippen LogP contribution in [0.4, 0.5) is 4.39 Å². The standard InChI is InChI=1S/C17H21FN4OS/c1-22-12-20-21-16(22)24-10-15(23)19-11-17(8-2-3-9-17)13-4-6-14(18)7-5-13/h4-7,12H,2-3,8-11H2,1H3,(H,19,23). The fraction of sp³-hybridized carbons (Fsp3) is 0.471. The normalized spacial score (nSPS) is 16.2. The van der Waals surface area contributed by atoms with Crippen molar-refractivity contribution in [2.75, 3.05) is 12.3 Å². The molecule has 1 aromatic heterocycles. The van der Waals surface area contributed by atoms with Crippen molar-refractivity contribution >= 4 is 17.7 Å². The molecule has 1 aliphatic rings. The maximum absolute atomic E-state index is 13.2. The summed E-state index contributed by atoms with van der Waals surface area (Å²) < 4.78 is 15.0. The molecule has 0 bridgehead atoms. The van der Waals surface area contributed by atoms with E-state index < -0.39 is 0 Å². The number of thioether (sulfide) groups is 1. The first-order valence-corrected chi connectivity index (χ1v) is 9.07. The molecule has 0 spiro atoms. The van der Waals surface area contributed by atoms with Crippen LogP contribution < -0.4 is 5.32 Å². The average Bonchev–Trinajstić information content (AvgIpc) is 3.21. The zero-order valence-electron chi connectivity index (χ0n) is 13.7. The molecule has 0 radical (unpaired) electrons. The van der Waals surface area contributed by atoms with Gasteiger partial charge in [-0.3, -0.25) is 4.79 Å². The zero-order valence-corrected chi connectivity index (χ0v) is 14.5. The topological polar surface area (TPSA) is 59.8 Å². The van der Waals surface area contributed by atoms with Crippen LogP contribution in [0.3, 0.4) is 0 Å². The van der Waals surface area contributed by atoms with E-state index in [1.54, 1.807) is 10.9 Å². The van der Waals surface area contributed by atoms with E-state index in [4.69, 9.17) is 0 Å². The highest BCUT2D eigenvalue weighted by molar-refractivity contribution is 7.99. The van der Waals surface area contributed by atoms with E-state index in [9.17, 15) is 9.18 Å². The summed E-state index contributed by atoms with van der Waals surface area (Å²) in [6, 6.07) is 6.70. The van der Waals surface area contributed by atoms with Gasteiger partial charge in [0.05, 0.1) is 5.75 Å². The van der Waals surface area contributed by atoms with Crippen molar-refractivity contribution in [3.63, 3.8) is 0 Å². The molecule has 5 nitrogen and oxygen atoms in total. The zero-order chi connectivity index (χ0) is 17.0. The molecular weight excluding hydrogens is 327 g/mol. The van der Waals surface area contributed by atoms with Gasteiger partial charge in [-0.1, -0.05) is 36.7 Å². The van der Waals surface area contributed by atoms with Crippen LogP contribution in [0.15, 0.2) is 35.7 Å². The molecule has 0 unspecified atom stereocenters. The third-order valence-electron chi connectivity index (χ3n) is 4.64. The van der Waals surface area contributed by atoms with Crippen molar-refractivity contribution < 1.29 is 9.18 Å². The molecular formula is C17H21FN4OS. The number of amides is 1. The fourth-order valence-corrected chi connectivity index (χ4v) is 3.99. The summed E-state index contributed by atoms with van der Waals surface area (Å²) in [7, 11) is 1.85. The Bertz CT molecular complexity index is 695. The van der Waals surface area contributed by atoms with Gasteiger partial charge in [-0.25, -0.2) is 4.39 Å². The van der Waals surface area contributed by atoms with Crippen molar-refractivity contribution in [1.82, 2.24) is 20.1 Å². The number of aromatic nitrogens is 3. The van der Waals surface area contributed by atoms with Crippen LogP contribution in [0.5, 0.6) is 0 Å². The van der Waals surface area contributed by atoms with Crippen molar-refractivity contribution in [3.8, 4) is 0 Å². The Labute approximate surface area is 145 Å².